The Labute approximate surface area is 97.1 Å². The molecule has 0 unspecified atom stereocenters. The maximum absolute atomic E-state index is 11.3. The minimum Gasteiger partial charge on any atom is -0.382 e. The summed E-state index contributed by atoms with van der Waals surface area (Å²) < 4.78 is 11.0. The van der Waals surface area contributed by atoms with E-state index in [-0.39, 0.29) is 17.6 Å². The molecule has 0 aromatic carbocycles. The number of hydrogen-bond donors (Lipinski definition) is 1. The Kier molecular flexibility index (Phi) is 4.70. The topological polar surface area (TPSA) is 50.8 Å². The third-order valence-corrected chi connectivity index (χ3v) is 2.55. The standard InChI is InChI=1S/C11H22N2O3/c1-11(2)8-13(6-10(14)12-3)5-9(16-11)7-15-4/h9H,5-8H2,1-4H3,(H,12,14)/t9-/m0/s1. The van der Waals surface area contributed by atoms with Gasteiger partial charge in [-0.1, -0.05) is 0 Å². The van der Waals surface area contributed by atoms with Crippen LogP contribution in [0.5, 0.6) is 0 Å². The second kappa shape index (κ2) is 5.61. The molecule has 1 fully saturated rings. The molecule has 94 valence electrons. The second-order valence-corrected chi connectivity index (χ2v) is 4.80. The normalized spacial score (nSPS) is 25.4. The maximum atomic E-state index is 11.3. The first kappa shape index (κ1) is 13.4. The van der Waals surface area contributed by atoms with Crippen molar-refractivity contribution in [2.45, 2.75) is 25.6 Å². The van der Waals surface area contributed by atoms with Crippen molar-refractivity contribution in [2.24, 2.45) is 0 Å². The number of amides is 1. The van der Waals surface area contributed by atoms with Crippen LogP contribution in [0.1, 0.15) is 13.8 Å². The van der Waals surface area contributed by atoms with Gasteiger partial charge in [0.25, 0.3) is 0 Å². The van der Waals surface area contributed by atoms with Gasteiger partial charge in [-0.05, 0) is 13.8 Å². The Bertz CT molecular complexity index is 243. The minimum atomic E-state index is -0.227. The van der Waals surface area contributed by atoms with E-state index >= 15 is 0 Å². The molecule has 0 saturated carbocycles. The fourth-order valence-corrected chi connectivity index (χ4v) is 2.09. The molecule has 0 spiro atoms. The van der Waals surface area contributed by atoms with Crippen LogP contribution in [0.4, 0.5) is 0 Å². The third kappa shape index (κ3) is 4.08. The number of carbonyl (C=O) groups is 1. The van der Waals surface area contributed by atoms with Crippen molar-refractivity contribution in [1.82, 2.24) is 10.2 Å². The first-order chi connectivity index (χ1) is 7.46. The summed E-state index contributed by atoms with van der Waals surface area (Å²) in [6.07, 6.45) is 0.0402. The van der Waals surface area contributed by atoms with Gasteiger partial charge in [0.05, 0.1) is 24.9 Å². The average Bonchev–Trinajstić information content (AvgIpc) is 2.15. The molecule has 0 bridgehead atoms. The first-order valence-corrected chi connectivity index (χ1v) is 5.56. The SMILES string of the molecule is CNC(=O)CN1C[C@@H](COC)OC(C)(C)C1. The number of nitrogens with one attached hydrogen (secondary N) is 1. The van der Waals surface area contributed by atoms with Crippen molar-refractivity contribution >= 4 is 5.91 Å². The van der Waals surface area contributed by atoms with Crippen molar-refractivity contribution in [2.75, 3.05) is 40.4 Å². The number of ether oxygens (including phenoxy) is 2. The van der Waals surface area contributed by atoms with E-state index in [4.69, 9.17) is 9.47 Å². The lowest BCUT2D eigenvalue weighted by Gasteiger charge is -2.42. The fraction of sp³-hybridized carbons (Fsp3) is 0.909. The quantitative estimate of drug-likeness (QED) is 0.730. The van der Waals surface area contributed by atoms with E-state index in [1.807, 2.05) is 13.8 Å². The van der Waals surface area contributed by atoms with Crippen molar-refractivity contribution in [3.63, 3.8) is 0 Å². The number of rotatable bonds is 4. The molecule has 1 aliphatic rings. The predicted molar refractivity (Wildman–Crippen MR) is 61.3 cm³/mol. The lowest BCUT2D eigenvalue weighted by molar-refractivity contribution is -0.155. The largest absolute Gasteiger partial charge is 0.382 e. The lowest BCUT2D eigenvalue weighted by atomic mass is 10.1. The summed E-state index contributed by atoms with van der Waals surface area (Å²) in [6.45, 7) is 6.56. The maximum Gasteiger partial charge on any atom is 0.233 e. The Hall–Kier alpha value is -0.650. The molecular formula is C11H22N2O3. The molecule has 0 aromatic rings. The summed E-state index contributed by atoms with van der Waals surface area (Å²) >= 11 is 0. The molecule has 1 atom stereocenters. The van der Waals surface area contributed by atoms with E-state index in [1.54, 1.807) is 14.2 Å². The van der Waals surface area contributed by atoms with Crippen LogP contribution >= 0.6 is 0 Å². The minimum absolute atomic E-state index is 0.0360. The van der Waals surface area contributed by atoms with E-state index in [1.165, 1.54) is 0 Å². The molecule has 1 saturated heterocycles. The second-order valence-electron chi connectivity index (χ2n) is 4.80. The van der Waals surface area contributed by atoms with E-state index in [0.29, 0.717) is 13.2 Å². The molecule has 1 rings (SSSR count). The van der Waals surface area contributed by atoms with Gasteiger partial charge in [-0.15, -0.1) is 0 Å². The van der Waals surface area contributed by atoms with Crippen molar-refractivity contribution in [1.29, 1.82) is 0 Å². The number of nitrogens with zero attached hydrogens (tertiary/aromatic N) is 1. The van der Waals surface area contributed by atoms with Crippen LogP contribution < -0.4 is 5.32 Å². The van der Waals surface area contributed by atoms with Crippen LogP contribution in [-0.2, 0) is 14.3 Å². The molecule has 0 aliphatic carbocycles. The van der Waals surface area contributed by atoms with Gasteiger partial charge in [0.2, 0.25) is 5.91 Å². The molecule has 1 amide bonds. The summed E-state index contributed by atoms with van der Waals surface area (Å²) in [5.41, 5.74) is -0.227. The van der Waals surface area contributed by atoms with E-state index in [0.717, 1.165) is 13.1 Å². The van der Waals surface area contributed by atoms with Gasteiger partial charge in [0, 0.05) is 27.2 Å². The Balaban J connectivity index is 2.54. The smallest absolute Gasteiger partial charge is 0.233 e. The number of likely N-dealkylation sites (N-methyl/N-ethyl adjacent to an activating group) is 1. The summed E-state index contributed by atoms with van der Waals surface area (Å²) in [5, 5.41) is 2.63. The summed E-state index contributed by atoms with van der Waals surface area (Å²) in [6, 6.07) is 0. The lowest BCUT2D eigenvalue weighted by Crippen LogP contribution is -2.55. The van der Waals surface area contributed by atoms with E-state index in [2.05, 4.69) is 10.2 Å². The zero-order valence-electron chi connectivity index (χ0n) is 10.6. The van der Waals surface area contributed by atoms with Crippen LogP contribution in [0.15, 0.2) is 0 Å². The number of methoxy groups -OCH3 is 1. The van der Waals surface area contributed by atoms with Crippen molar-refractivity contribution in [3.8, 4) is 0 Å². The van der Waals surface area contributed by atoms with Gasteiger partial charge in [-0.25, -0.2) is 0 Å². The van der Waals surface area contributed by atoms with Gasteiger partial charge < -0.3 is 14.8 Å². The van der Waals surface area contributed by atoms with Crippen LogP contribution in [0.3, 0.4) is 0 Å². The van der Waals surface area contributed by atoms with Crippen molar-refractivity contribution < 1.29 is 14.3 Å². The van der Waals surface area contributed by atoms with Gasteiger partial charge in [0.15, 0.2) is 0 Å². The monoisotopic (exact) mass is 230 g/mol. The van der Waals surface area contributed by atoms with Crippen LogP contribution in [0.2, 0.25) is 0 Å². The average molecular weight is 230 g/mol. The van der Waals surface area contributed by atoms with Gasteiger partial charge in [0.1, 0.15) is 0 Å². The Morgan fingerprint density at radius 3 is 2.88 bits per heavy atom. The van der Waals surface area contributed by atoms with E-state index < -0.39 is 0 Å². The Morgan fingerprint density at radius 1 is 1.62 bits per heavy atom. The zero-order chi connectivity index (χ0) is 12.2. The molecule has 0 radical (unpaired) electrons. The number of carbonyl (C=O) groups excluding carboxylic acids is 1. The van der Waals surface area contributed by atoms with Crippen LogP contribution in [0.25, 0.3) is 0 Å². The zero-order valence-corrected chi connectivity index (χ0v) is 10.6. The molecule has 1 aliphatic heterocycles. The fourth-order valence-electron chi connectivity index (χ4n) is 2.09. The first-order valence-electron chi connectivity index (χ1n) is 5.56. The van der Waals surface area contributed by atoms with Crippen LogP contribution in [0, 0.1) is 0 Å². The highest BCUT2D eigenvalue weighted by atomic mass is 16.5. The number of hydrogen-bond acceptors (Lipinski definition) is 4. The molecule has 5 nitrogen and oxygen atoms in total. The highest BCUT2D eigenvalue weighted by Gasteiger charge is 2.33. The summed E-state index contributed by atoms with van der Waals surface area (Å²) in [7, 11) is 3.31. The van der Waals surface area contributed by atoms with E-state index in [9.17, 15) is 4.79 Å². The summed E-state index contributed by atoms with van der Waals surface area (Å²) in [5.74, 6) is 0.0360. The highest BCUT2D eigenvalue weighted by molar-refractivity contribution is 5.77. The predicted octanol–water partition coefficient (Wildman–Crippen LogP) is -0.142. The molecular weight excluding hydrogens is 208 g/mol. The Morgan fingerprint density at radius 2 is 2.31 bits per heavy atom. The molecule has 1 heterocycles. The number of morpholine rings is 1. The molecule has 0 aromatic heterocycles. The molecule has 16 heavy (non-hydrogen) atoms. The molecule has 5 heteroatoms. The van der Waals surface area contributed by atoms with Gasteiger partial charge in [-0.2, -0.15) is 0 Å². The summed E-state index contributed by atoms with van der Waals surface area (Å²) in [4.78, 5) is 13.4. The van der Waals surface area contributed by atoms with Gasteiger partial charge in [-0.3, -0.25) is 9.69 Å². The highest BCUT2D eigenvalue weighted by Crippen LogP contribution is 2.20. The molecule has 1 N–H and O–H groups in total. The third-order valence-electron chi connectivity index (χ3n) is 2.55. The van der Waals surface area contributed by atoms with Gasteiger partial charge >= 0.3 is 0 Å². The van der Waals surface area contributed by atoms with Crippen molar-refractivity contribution in [3.05, 3.63) is 0 Å². The van der Waals surface area contributed by atoms with Crippen LogP contribution in [-0.4, -0.2) is 62.9 Å².